The maximum absolute atomic E-state index is 12.1. The van der Waals surface area contributed by atoms with E-state index in [9.17, 15) is 4.79 Å². The van der Waals surface area contributed by atoms with E-state index >= 15 is 0 Å². The van der Waals surface area contributed by atoms with Crippen molar-refractivity contribution >= 4 is 18.3 Å². The van der Waals surface area contributed by atoms with Gasteiger partial charge in [-0.2, -0.15) is 0 Å². The zero-order chi connectivity index (χ0) is 12.3. The molecular formula is C12H26ClN3O. The quantitative estimate of drug-likeness (QED) is 0.803. The summed E-state index contributed by atoms with van der Waals surface area (Å²) in [5, 5.41) is 3.22. The molecular weight excluding hydrogens is 238 g/mol. The number of hydrogen-bond donors (Lipinski definition) is 1. The van der Waals surface area contributed by atoms with Crippen LogP contribution in [0.5, 0.6) is 0 Å². The van der Waals surface area contributed by atoms with E-state index in [0.29, 0.717) is 12.6 Å². The number of hydrogen-bond acceptors (Lipinski definition) is 3. The average Bonchev–Trinajstić information content (AvgIpc) is 1.96. The standard InChI is InChI=1S/C12H25N3O.ClH/c1-9(2)15(10(3)4)12(16)8-14(5)11-6-13-7-11;/h9-11,13H,6-8H2,1-5H3;1H. The lowest BCUT2D eigenvalue weighted by Crippen LogP contribution is -2.58. The van der Waals surface area contributed by atoms with Gasteiger partial charge in [-0.1, -0.05) is 0 Å². The third kappa shape index (κ3) is 4.45. The summed E-state index contributed by atoms with van der Waals surface area (Å²) < 4.78 is 0. The summed E-state index contributed by atoms with van der Waals surface area (Å²) in [6.07, 6.45) is 0. The molecule has 0 unspecified atom stereocenters. The first-order valence-electron chi connectivity index (χ1n) is 6.15. The minimum Gasteiger partial charge on any atom is -0.337 e. The van der Waals surface area contributed by atoms with E-state index in [0.717, 1.165) is 13.1 Å². The van der Waals surface area contributed by atoms with Crippen molar-refractivity contribution < 1.29 is 4.79 Å². The molecule has 1 aliphatic rings. The van der Waals surface area contributed by atoms with E-state index in [4.69, 9.17) is 0 Å². The van der Waals surface area contributed by atoms with Gasteiger partial charge in [-0.3, -0.25) is 9.69 Å². The van der Waals surface area contributed by atoms with Crippen LogP contribution in [0.15, 0.2) is 0 Å². The van der Waals surface area contributed by atoms with Gasteiger partial charge in [0.05, 0.1) is 6.54 Å². The number of nitrogens with zero attached hydrogens (tertiary/aromatic N) is 2. The first kappa shape index (κ1) is 16.7. The lowest BCUT2D eigenvalue weighted by atomic mass is 10.1. The summed E-state index contributed by atoms with van der Waals surface area (Å²) in [5.74, 6) is 0.236. The molecule has 0 spiro atoms. The van der Waals surface area contributed by atoms with Gasteiger partial charge in [0.1, 0.15) is 0 Å². The Kier molecular flexibility index (Phi) is 7.05. The molecule has 5 heteroatoms. The van der Waals surface area contributed by atoms with E-state index in [1.165, 1.54) is 0 Å². The van der Waals surface area contributed by atoms with Gasteiger partial charge in [0.2, 0.25) is 5.91 Å². The van der Waals surface area contributed by atoms with Crippen LogP contribution in [-0.2, 0) is 4.79 Å². The van der Waals surface area contributed by atoms with Crippen LogP contribution in [0.25, 0.3) is 0 Å². The molecule has 1 saturated heterocycles. The second kappa shape index (κ2) is 7.19. The van der Waals surface area contributed by atoms with Gasteiger partial charge in [0, 0.05) is 31.2 Å². The number of likely N-dealkylation sites (N-methyl/N-ethyl adjacent to an activating group) is 1. The van der Waals surface area contributed by atoms with Crippen LogP contribution in [0.2, 0.25) is 0 Å². The minimum absolute atomic E-state index is 0. The van der Waals surface area contributed by atoms with Gasteiger partial charge in [0.25, 0.3) is 0 Å². The first-order chi connectivity index (χ1) is 7.43. The fourth-order valence-corrected chi connectivity index (χ4v) is 2.18. The fraction of sp³-hybridized carbons (Fsp3) is 0.917. The van der Waals surface area contributed by atoms with Crippen molar-refractivity contribution in [2.24, 2.45) is 0 Å². The summed E-state index contributed by atoms with van der Waals surface area (Å²) >= 11 is 0. The molecule has 102 valence electrons. The Morgan fingerprint density at radius 1 is 1.24 bits per heavy atom. The number of carbonyl (C=O) groups is 1. The third-order valence-electron chi connectivity index (χ3n) is 3.17. The van der Waals surface area contributed by atoms with Crippen LogP contribution in [0.3, 0.4) is 0 Å². The van der Waals surface area contributed by atoms with E-state index in [1.807, 2.05) is 11.9 Å². The van der Waals surface area contributed by atoms with Crippen LogP contribution in [0.4, 0.5) is 0 Å². The van der Waals surface area contributed by atoms with Gasteiger partial charge in [-0.15, -0.1) is 12.4 Å². The van der Waals surface area contributed by atoms with Gasteiger partial charge in [-0.05, 0) is 34.7 Å². The Bertz CT molecular complexity index is 234. The molecule has 1 fully saturated rings. The molecule has 0 aromatic rings. The van der Waals surface area contributed by atoms with Gasteiger partial charge >= 0.3 is 0 Å². The highest BCUT2D eigenvalue weighted by Crippen LogP contribution is 2.08. The normalized spacial score (nSPS) is 16.0. The fourth-order valence-electron chi connectivity index (χ4n) is 2.18. The third-order valence-corrected chi connectivity index (χ3v) is 3.17. The zero-order valence-corrected chi connectivity index (χ0v) is 12.4. The summed E-state index contributed by atoms with van der Waals surface area (Å²) in [6, 6.07) is 1.09. The molecule has 0 bridgehead atoms. The molecule has 1 aliphatic heterocycles. The number of rotatable bonds is 5. The second-order valence-corrected chi connectivity index (χ2v) is 5.22. The molecule has 1 heterocycles. The van der Waals surface area contributed by atoms with Crippen LogP contribution < -0.4 is 5.32 Å². The molecule has 0 aromatic carbocycles. The molecule has 0 saturated carbocycles. The number of carbonyl (C=O) groups excluding carboxylic acids is 1. The predicted molar refractivity (Wildman–Crippen MR) is 73.7 cm³/mol. The van der Waals surface area contributed by atoms with Crippen molar-refractivity contribution in [3.8, 4) is 0 Å². The minimum atomic E-state index is 0. The topological polar surface area (TPSA) is 35.6 Å². The van der Waals surface area contributed by atoms with Crippen molar-refractivity contribution in [1.29, 1.82) is 0 Å². The van der Waals surface area contributed by atoms with E-state index in [-0.39, 0.29) is 30.4 Å². The molecule has 4 nitrogen and oxygen atoms in total. The van der Waals surface area contributed by atoms with Crippen LogP contribution >= 0.6 is 12.4 Å². The van der Waals surface area contributed by atoms with Crippen molar-refractivity contribution in [2.75, 3.05) is 26.7 Å². The molecule has 17 heavy (non-hydrogen) atoms. The predicted octanol–water partition coefficient (Wildman–Crippen LogP) is 0.957. The van der Waals surface area contributed by atoms with Crippen LogP contribution in [0.1, 0.15) is 27.7 Å². The summed E-state index contributed by atoms with van der Waals surface area (Å²) in [5.41, 5.74) is 0. The maximum atomic E-state index is 12.1. The van der Waals surface area contributed by atoms with Crippen LogP contribution in [0, 0.1) is 0 Å². The Labute approximate surface area is 111 Å². The molecule has 0 radical (unpaired) electrons. The molecule has 1 amide bonds. The Morgan fingerprint density at radius 3 is 2.00 bits per heavy atom. The highest BCUT2D eigenvalue weighted by Gasteiger charge is 2.26. The molecule has 1 N–H and O–H groups in total. The van der Waals surface area contributed by atoms with Crippen molar-refractivity contribution in [2.45, 2.75) is 45.8 Å². The van der Waals surface area contributed by atoms with E-state index in [1.54, 1.807) is 0 Å². The first-order valence-corrected chi connectivity index (χ1v) is 6.15. The smallest absolute Gasteiger partial charge is 0.237 e. The monoisotopic (exact) mass is 263 g/mol. The number of nitrogens with one attached hydrogen (secondary N) is 1. The van der Waals surface area contributed by atoms with Crippen molar-refractivity contribution in [1.82, 2.24) is 15.1 Å². The van der Waals surface area contributed by atoms with Crippen molar-refractivity contribution in [3.63, 3.8) is 0 Å². The Hall–Kier alpha value is -0.320. The highest BCUT2D eigenvalue weighted by molar-refractivity contribution is 5.85. The Morgan fingerprint density at radius 2 is 1.71 bits per heavy atom. The molecule has 0 aromatic heterocycles. The maximum Gasteiger partial charge on any atom is 0.237 e. The van der Waals surface area contributed by atoms with Gasteiger partial charge in [0.15, 0.2) is 0 Å². The van der Waals surface area contributed by atoms with E-state index < -0.39 is 0 Å². The molecule has 1 rings (SSSR count). The second-order valence-electron chi connectivity index (χ2n) is 5.22. The summed E-state index contributed by atoms with van der Waals surface area (Å²) in [7, 11) is 2.03. The number of halogens is 1. The lowest BCUT2D eigenvalue weighted by Gasteiger charge is -2.38. The highest BCUT2D eigenvalue weighted by atomic mass is 35.5. The number of amides is 1. The SMILES string of the molecule is CC(C)N(C(=O)CN(C)C1CNC1)C(C)C.Cl. The largest absolute Gasteiger partial charge is 0.337 e. The van der Waals surface area contributed by atoms with Gasteiger partial charge in [-0.25, -0.2) is 0 Å². The van der Waals surface area contributed by atoms with E-state index in [2.05, 4.69) is 37.9 Å². The summed E-state index contributed by atoms with van der Waals surface area (Å²) in [6.45, 7) is 10.8. The molecule has 0 atom stereocenters. The van der Waals surface area contributed by atoms with Gasteiger partial charge < -0.3 is 10.2 Å². The zero-order valence-electron chi connectivity index (χ0n) is 11.6. The lowest BCUT2D eigenvalue weighted by molar-refractivity contribution is -0.136. The summed E-state index contributed by atoms with van der Waals surface area (Å²) in [4.78, 5) is 16.3. The Balaban J connectivity index is 0.00000256. The average molecular weight is 264 g/mol. The van der Waals surface area contributed by atoms with Crippen molar-refractivity contribution in [3.05, 3.63) is 0 Å². The van der Waals surface area contributed by atoms with Crippen LogP contribution in [-0.4, -0.2) is 60.5 Å². The molecule has 0 aliphatic carbocycles.